The van der Waals surface area contributed by atoms with Crippen LogP contribution < -0.4 is 14.5 Å². The van der Waals surface area contributed by atoms with Gasteiger partial charge in [-0.05, 0) is 59.7 Å². The number of hydrazone groups is 1. The normalized spacial score (nSPS) is 13.4. The number of amides is 2. The fourth-order valence-electron chi connectivity index (χ4n) is 4.58. The third-order valence-electron chi connectivity index (χ3n) is 6.90. The molecule has 2 amide bonds. The molecule has 0 unspecified atom stereocenters. The molecular weight excluding hydrogens is 580 g/mol. The van der Waals surface area contributed by atoms with Crippen LogP contribution in [0.1, 0.15) is 21.5 Å². The van der Waals surface area contributed by atoms with Crippen molar-refractivity contribution >= 4 is 33.7 Å². The van der Waals surface area contributed by atoms with Crippen LogP contribution in [0, 0.1) is 0 Å². The van der Waals surface area contributed by atoms with Crippen LogP contribution in [0.4, 0.5) is 5.69 Å². The molecule has 4 aromatic rings. The second-order valence-corrected chi connectivity index (χ2v) is 11.7. The lowest BCUT2D eigenvalue weighted by atomic mass is 10.1. The second kappa shape index (κ2) is 14.5. The molecule has 1 saturated heterocycles. The molecule has 11 heteroatoms. The molecule has 0 aliphatic carbocycles. The number of hydrogen-bond acceptors (Lipinski definition) is 7. The Kier molecular flexibility index (Phi) is 10.0. The molecule has 226 valence electrons. The van der Waals surface area contributed by atoms with E-state index >= 15 is 0 Å². The summed E-state index contributed by atoms with van der Waals surface area (Å²) in [7, 11) is -4.02. The van der Waals surface area contributed by atoms with Crippen molar-refractivity contribution < 1.29 is 27.5 Å². The predicted molar refractivity (Wildman–Crippen MR) is 167 cm³/mol. The van der Waals surface area contributed by atoms with E-state index in [9.17, 15) is 18.0 Å². The average Bonchev–Trinajstić information content (AvgIpc) is 3.08. The largest absolute Gasteiger partial charge is 0.484 e. The molecule has 1 fully saturated rings. The number of nitrogens with one attached hydrogen (secondary N) is 1. The maximum Gasteiger partial charge on any atom is 0.273 e. The highest BCUT2D eigenvalue weighted by atomic mass is 32.2. The fourth-order valence-corrected chi connectivity index (χ4v) is 6.07. The molecular formula is C33H32N4O6S. The van der Waals surface area contributed by atoms with Gasteiger partial charge in [-0.15, -0.1) is 0 Å². The quantitative estimate of drug-likeness (QED) is 0.202. The van der Waals surface area contributed by atoms with Crippen LogP contribution >= 0.6 is 0 Å². The smallest absolute Gasteiger partial charge is 0.273 e. The molecule has 0 radical (unpaired) electrons. The Hall–Kier alpha value is -5.00. The number of hydrogen-bond donors (Lipinski definition) is 1. The lowest BCUT2D eigenvalue weighted by Crippen LogP contribution is -2.42. The molecule has 44 heavy (non-hydrogen) atoms. The van der Waals surface area contributed by atoms with E-state index in [0.717, 1.165) is 5.56 Å². The molecule has 0 bridgehead atoms. The number of morpholine rings is 1. The number of ether oxygens (including phenoxy) is 2. The fraction of sp³-hybridized carbons (Fsp3) is 0.182. The summed E-state index contributed by atoms with van der Waals surface area (Å²) in [5.41, 5.74) is 4.32. The number of anilines is 1. The minimum atomic E-state index is -4.02. The van der Waals surface area contributed by atoms with E-state index in [1.165, 1.54) is 22.7 Å². The van der Waals surface area contributed by atoms with Gasteiger partial charge in [-0.3, -0.25) is 13.9 Å². The van der Waals surface area contributed by atoms with Crippen LogP contribution in [0.25, 0.3) is 0 Å². The average molecular weight is 613 g/mol. The maximum absolute atomic E-state index is 13.8. The number of carbonyl (C=O) groups excluding carboxylic acids is 2. The summed E-state index contributed by atoms with van der Waals surface area (Å²) < 4.78 is 39.8. The van der Waals surface area contributed by atoms with Gasteiger partial charge in [0.15, 0.2) is 6.61 Å². The van der Waals surface area contributed by atoms with Crippen molar-refractivity contribution in [3.8, 4) is 5.75 Å². The topological polar surface area (TPSA) is 118 Å². The first-order valence-corrected chi connectivity index (χ1v) is 15.5. The molecule has 1 aliphatic heterocycles. The van der Waals surface area contributed by atoms with E-state index in [1.54, 1.807) is 71.6 Å². The number of para-hydroxylation sites is 1. The lowest BCUT2D eigenvalue weighted by molar-refractivity contribution is -0.137. The molecule has 5 rings (SSSR count). The monoisotopic (exact) mass is 612 g/mol. The van der Waals surface area contributed by atoms with E-state index in [1.807, 2.05) is 30.3 Å². The standard InChI is InChI=1S/C33H32N4O6S/c38-32(36-19-21-42-22-20-36)25-43-28-17-15-26(16-18-28)23-34-35-33(39)30-13-7-8-14-31(30)37(24-27-9-3-1-4-10-27)44(40,41)29-11-5-2-6-12-29/h1-18,23H,19-22,24-25H2,(H,35,39)/b34-23-. The van der Waals surface area contributed by atoms with Gasteiger partial charge < -0.3 is 14.4 Å². The van der Waals surface area contributed by atoms with E-state index in [2.05, 4.69) is 10.5 Å². The van der Waals surface area contributed by atoms with Gasteiger partial charge in [-0.25, -0.2) is 13.8 Å². The van der Waals surface area contributed by atoms with Crippen LogP contribution in [0.3, 0.4) is 0 Å². The van der Waals surface area contributed by atoms with E-state index in [0.29, 0.717) is 37.6 Å². The van der Waals surface area contributed by atoms with Crippen molar-refractivity contribution in [3.63, 3.8) is 0 Å². The second-order valence-electron chi connectivity index (χ2n) is 9.88. The zero-order chi connectivity index (χ0) is 30.8. The Labute approximate surface area is 256 Å². The summed E-state index contributed by atoms with van der Waals surface area (Å²) in [5, 5.41) is 4.08. The first-order valence-electron chi connectivity index (χ1n) is 14.0. The minimum Gasteiger partial charge on any atom is -0.484 e. The van der Waals surface area contributed by atoms with Gasteiger partial charge in [0.2, 0.25) is 0 Å². The molecule has 1 N–H and O–H groups in total. The summed E-state index contributed by atoms with van der Waals surface area (Å²) in [6, 6.07) is 30.7. The third-order valence-corrected chi connectivity index (χ3v) is 8.68. The summed E-state index contributed by atoms with van der Waals surface area (Å²) in [5.74, 6) is -0.138. The van der Waals surface area contributed by atoms with Gasteiger partial charge in [-0.1, -0.05) is 60.7 Å². The number of benzene rings is 4. The Bertz CT molecular complexity index is 1690. The highest BCUT2D eigenvalue weighted by Gasteiger charge is 2.28. The Morgan fingerprint density at radius 2 is 1.50 bits per heavy atom. The molecule has 4 aromatic carbocycles. The first kappa shape index (κ1) is 30.5. The number of nitrogens with zero attached hydrogens (tertiary/aromatic N) is 3. The van der Waals surface area contributed by atoms with Gasteiger partial charge in [0, 0.05) is 13.1 Å². The van der Waals surface area contributed by atoms with Crippen molar-refractivity contribution in [1.29, 1.82) is 0 Å². The molecule has 0 atom stereocenters. The Balaban J connectivity index is 1.28. The SMILES string of the molecule is O=C(N/N=C\c1ccc(OCC(=O)N2CCOCC2)cc1)c1ccccc1N(Cc1ccccc1)S(=O)(=O)c1ccccc1. The van der Waals surface area contributed by atoms with Crippen LogP contribution in [0.15, 0.2) is 119 Å². The van der Waals surface area contributed by atoms with Crippen molar-refractivity contribution in [3.05, 3.63) is 126 Å². The van der Waals surface area contributed by atoms with Gasteiger partial charge in [-0.2, -0.15) is 5.10 Å². The van der Waals surface area contributed by atoms with E-state index in [4.69, 9.17) is 9.47 Å². The number of rotatable bonds is 11. The Morgan fingerprint density at radius 3 is 2.20 bits per heavy atom. The number of sulfonamides is 1. The lowest BCUT2D eigenvalue weighted by Gasteiger charge is -2.26. The molecule has 0 aromatic heterocycles. The van der Waals surface area contributed by atoms with Crippen molar-refractivity contribution in [2.24, 2.45) is 5.10 Å². The minimum absolute atomic E-state index is 0.0259. The highest BCUT2D eigenvalue weighted by molar-refractivity contribution is 7.92. The van der Waals surface area contributed by atoms with Gasteiger partial charge in [0.05, 0.1) is 42.1 Å². The zero-order valence-electron chi connectivity index (χ0n) is 23.9. The summed E-state index contributed by atoms with van der Waals surface area (Å²) in [6.45, 7) is 2.13. The van der Waals surface area contributed by atoms with Crippen LogP contribution in [0.5, 0.6) is 5.75 Å². The first-order chi connectivity index (χ1) is 21.4. The van der Waals surface area contributed by atoms with Crippen molar-refractivity contribution in [2.45, 2.75) is 11.4 Å². The highest BCUT2D eigenvalue weighted by Crippen LogP contribution is 2.29. The zero-order valence-corrected chi connectivity index (χ0v) is 24.7. The summed E-state index contributed by atoms with van der Waals surface area (Å²) >= 11 is 0. The molecule has 1 heterocycles. The molecule has 10 nitrogen and oxygen atoms in total. The van der Waals surface area contributed by atoms with Crippen molar-refractivity contribution in [1.82, 2.24) is 10.3 Å². The maximum atomic E-state index is 13.8. The van der Waals surface area contributed by atoms with Crippen LogP contribution in [0.2, 0.25) is 0 Å². The summed E-state index contributed by atoms with van der Waals surface area (Å²) in [4.78, 5) is 27.4. The van der Waals surface area contributed by atoms with Gasteiger partial charge in [0.1, 0.15) is 5.75 Å². The predicted octanol–water partition coefficient (Wildman–Crippen LogP) is 4.08. The molecule has 0 spiro atoms. The van der Waals surface area contributed by atoms with Crippen molar-refractivity contribution in [2.75, 3.05) is 37.2 Å². The molecule has 1 aliphatic rings. The van der Waals surface area contributed by atoms with Crippen LogP contribution in [-0.4, -0.2) is 64.3 Å². The van der Waals surface area contributed by atoms with E-state index in [-0.39, 0.29) is 35.2 Å². The van der Waals surface area contributed by atoms with E-state index < -0.39 is 15.9 Å². The summed E-state index contributed by atoms with van der Waals surface area (Å²) in [6.07, 6.45) is 1.46. The third kappa shape index (κ3) is 7.68. The molecule has 0 saturated carbocycles. The van der Waals surface area contributed by atoms with Gasteiger partial charge in [0.25, 0.3) is 21.8 Å². The Morgan fingerprint density at radius 1 is 0.864 bits per heavy atom. The number of carbonyl (C=O) groups is 2. The van der Waals surface area contributed by atoms with Crippen LogP contribution in [-0.2, 0) is 26.1 Å². The van der Waals surface area contributed by atoms with Gasteiger partial charge >= 0.3 is 0 Å².